The zero-order chi connectivity index (χ0) is 13.0. The molecule has 0 spiro atoms. The molecule has 1 saturated carbocycles. The average Bonchev–Trinajstić information content (AvgIpc) is 2.82. The van der Waals surface area contributed by atoms with Crippen LogP contribution in [0.3, 0.4) is 0 Å². The number of hydrogen-bond donors (Lipinski definition) is 1. The maximum Gasteiger partial charge on any atom is 0.226 e. The Morgan fingerprint density at radius 3 is 2.78 bits per heavy atom. The Kier molecular flexibility index (Phi) is 5.04. The highest BCUT2D eigenvalue weighted by molar-refractivity contribution is 5.79. The number of rotatable bonds is 4. The van der Waals surface area contributed by atoms with Crippen molar-refractivity contribution in [3.63, 3.8) is 0 Å². The molecular weight excluding hydrogens is 224 g/mol. The lowest BCUT2D eigenvalue weighted by Gasteiger charge is -2.35. The van der Waals surface area contributed by atoms with Crippen LogP contribution < -0.4 is 5.32 Å². The number of likely N-dealkylation sites (tertiary alicyclic amines) is 1. The molecule has 1 aliphatic carbocycles. The molecule has 0 bridgehead atoms. The third-order valence-corrected chi connectivity index (χ3v) is 4.59. The fraction of sp³-hybridized carbons (Fsp3) is 0.933. The van der Waals surface area contributed by atoms with Gasteiger partial charge in [0, 0.05) is 25.0 Å². The molecule has 1 N–H and O–H groups in total. The molecule has 0 radical (unpaired) electrons. The van der Waals surface area contributed by atoms with Gasteiger partial charge < -0.3 is 10.2 Å². The van der Waals surface area contributed by atoms with E-state index < -0.39 is 0 Å². The average molecular weight is 252 g/mol. The van der Waals surface area contributed by atoms with Crippen molar-refractivity contribution in [2.45, 2.75) is 58.4 Å². The van der Waals surface area contributed by atoms with Gasteiger partial charge in [-0.05, 0) is 44.6 Å². The molecule has 3 nitrogen and oxygen atoms in total. The summed E-state index contributed by atoms with van der Waals surface area (Å²) in [6.07, 6.45) is 7.15. The van der Waals surface area contributed by atoms with E-state index in [9.17, 15) is 4.79 Å². The lowest BCUT2D eigenvalue weighted by atomic mass is 9.95. The van der Waals surface area contributed by atoms with Crippen LogP contribution in [-0.4, -0.2) is 36.5 Å². The van der Waals surface area contributed by atoms with Crippen LogP contribution in [0, 0.1) is 11.8 Å². The molecule has 2 rings (SSSR count). The van der Waals surface area contributed by atoms with Gasteiger partial charge in [-0.2, -0.15) is 0 Å². The first-order valence-electron chi connectivity index (χ1n) is 7.74. The van der Waals surface area contributed by atoms with Crippen molar-refractivity contribution in [3.05, 3.63) is 0 Å². The zero-order valence-corrected chi connectivity index (χ0v) is 12.0. The minimum absolute atomic E-state index is 0.315. The van der Waals surface area contributed by atoms with Crippen molar-refractivity contribution < 1.29 is 4.79 Å². The summed E-state index contributed by atoms with van der Waals surface area (Å²) in [7, 11) is 0. The van der Waals surface area contributed by atoms with Crippen LogP contribution >= 0.6 is 0 Å². The molecule has 1 saturated heterocycles. The van der Waals surface area contributed by atoms with E-state index in [1.54, 1.807) is 0 Å². The Morgan fingerprint density at radius 2 is 2.11 bits per heavy atom. The monoisotopic (exact) mass is 252 g/mol. The first-order chi connectivity index (χ1) is 8.72. The van der Waals surface area contributed by atoms with Crippen molar-refractivity contribution in [2.24, 2.45) is 11.8 Å². The summed E-state index contributed by atoms with van der Waals surface area (Å²) in [5.74, 6) is 1.35. The fourth-order valence-electron chi connectivity index (χ4n) is 3.44. The number of carbonyl (C=O) groups excluding carboxylic acids is 1. The number of nitrogens with zero attached hydrogens (tertiary/aromatic N) is 1. The van der Waals surface area contributed by atoms with Gasteiger partial charge in [0.05, 0.1) is 0 Å². The highest BCUT2D eigenvalue weighted by Gasteiger charge is 2.34. The normalized spacial score (nSPS) is 32.8. The third-order valence-electron chi connectivity index (χ3n) is 4.59. The van der Waals surface area contributed by atoms with Gasteiger partial charge in [-0.25, -0.2) is 0 Å². The summed E-state index contributed by atoms with van der Waals surface area (Å²) in [6, 6.07) is 0.527. The molecule has 1 amide bonds. The molecule has 18 heavy (non-hydrogen) atoms. The SMILES string of the molecule is CCCNC1CCCN(C(=O)C2CCCC2C)C1. The highest BCUT2D eigenvalue weighted by atomic mass is 16.2. The van der Waals surface area contributed by atoms with Gasteiger partial charge in [0.2, 0.25) is 5.91 Å². The van der Waals surface area contributed by atoms with Gasteiger partial charge in [0.25, 0.3) is 0 Å². The number of hydrogen-bond acceptors (Lipinski definition) is 2. The molecule has 1 aliphatic heterocycles. The molecule has 3 heteroatoms. The van der Waals surface area contributed by atoms with Crippen molar-refractivity contribution in [2.75, 3.05) is 19.6 Å². The van der Waals surface area contributed by atoms with E-state index in [2.05, 4.69) is 24.1 Å². The Labute approximate surface area is 111 Å². The van der Waals surface area contributed by atoms with Crippen LogP contribution in [0.2, 0.25) is 0 Å². The number of nitrogens with one attached hydrogen (secondary N) is 1. The number of piperidine rings is 1. The number of amides is 1. The van der Waals surface area contributed by atoms with Crippen LogP contribution in [-0.2, 0) is 4.79 Å². The Balaban J connectivity index is 1.85. The second-order valence-corrected chi connectivity index (χ2v) is 6.09. The van der Waals surface area contributed by atoms with Crippen LogP contribution in [0.15, 0.2) is 0 Å². The van der Waals surface area contributed by atoms with E-state index in [4.69, 9.17) is 0 Å². The third kappa shape index (κ3) is 3.25. The molecule has 0 aromatic heterocycles. The molecule has 3 unspecified atom stereocenters. The maximum atomic E-state index is 12.5. The summed E-state index contributed by atoms with van der Waals surface area (Å²) in [4.78, 5) is 14.7. The smallest absolute Gasteiger partial charge is 0.226 e. The predicted octanol–water partition coefficient (Wildman–Crippen LogP) is 2.41. The van der Waals surface area contributed by atoms with Gasteiger partial charge in [0.15, 0.2) is 0 Å². The van der Waals surface area contributed by atoms with Crippen LogP contribution in [0.5, 0.6) is 0 Å². The molecule has 3 atom stereocenters. The maximum absolute atomic E-state index is 12.5. The van der Waals surface area contributed by atoms with E-state index >= 15 is 0 Å². The molecular formula is C15H28N2O. The Morgan fingerprint density at radius 1 is 1.28 bits per heavy atom. The standard InChI is InChI=1S/C15H28N2O/c1-3-9-16-13-7-5-10-17(11-13)15(18)14-8-4-6-12(14)2/h12-14,16H,3-11H2,1-2H3. The lowest BCUT2D eigenvalue weighted by Crippen LogP contribution is -2.50. The first-order valence-corrected chi connectivity index (χ1v) is 7.74. The van der Waals surface area contributed by atoms with E-state index in [0.717, 1.165) is 32.5 Å². The molecule has 2 fully saturated rings. The quantitative estimate of drug-likeness (QED) is 0.833. The Bertz CT molecular complexity index is 280. The van der Waals surface area contributed by atoms with E-state index in [0.29, 0.717) is 23.8 Å². The van der Waals surface area contributed by atoms with Crippen LogP contribution in [0.1, 0.15) is 52.4 Å². The topological polar surface area (TPSA) is 32.3 Å². The summed E-state index contributed by atoms with van der Waals surface area (Å²) in [5, 5.41) is 3.56. The lowest BCUT2D eigenvalue weighted by molar-refractivity contribution is -0.137. The number of carbonyl (C=O) groups is 1. The summed E-state index contributed by atoms with van der Waals surface area (Å²) >= 11 is 0. The summed E-state index contributed by atoms with van der Waals surface area (Å²) in [5.41, 5.74) is 0. The van der Waals surface area contributed by atoms with Crippen LogP contribution in [0.25, 0.3) is 0 Å². The molecule has 2 aliphatic rings. The van der Waals surface area contributed by atoms with Gasteiger partial charge in [-0.15, -0.1) is 0 Å². The summed E-state index contributed by atoms with van der Waals surface area (Å²) in [6.45, 7) is 7.42. The second-order valence-electron chi connectivity index (χ2n) is 6.09. The second kappa shape index (κ2) is 6.55. The molecule has 0 aromatic carbocycles. The van der Waals surface area contributed by atoms with E-state index in [1.807, 2.05) is 0 Å². The van der Waals surface area contributed by atoms with Gasteiger partial charge in [-0.3, -0.25) is 4.79 Å². The molecule has 1 heterocycles. The van der Waals surface area contributed by atoms with Gasteiger partial charge >= 0.3 is 0 Å². The van der Waals surface area contributed by atoms with Gasteiger partial charge in [0.1, 0.15) is 0 Å². The van der Waals surface area contributed by atoms with Crippen molar-refractivity contribution in [3.8, 4) is 0 Å². The minimum atomic E-state index is 0.315. The Hall–Kier alpha value is -0.570. The van der Waals surface area contributed by atoms with E-state index in [-0.39, 0.29) is 0 Å². The van der Waals surface area contributed by atoms with Crippen molar-refractivity contribution in [1.82, 2.24) is 10.2 Å². The predicted molar refractivity (Wildman–Crippen MR) is 74.4 cm³/mol. The van der Waals surface area contributed by atoms with E-state index in [1.165, 1.54) is 25.7 Å². The van der Waals surface area contributed by atoms with Crippen molar-refractivity contribution >= 4 is 5.91 Å². The minimum Gasteiger partial charge on any atom is -0.341 e. The van der Waals surface area contributed by atoms with Gasteiger partial charge in [-0.1, -0.05) is 20.3 Å². The van der Waals surface area contributed by atoms with Crippen molar-refractivity contribution in [1.29, 1.82) is 0 Å². The molecule has 104 valence electrons. The molecule has 0 aromatic rings. The summed E-state index contributed by atoms with van der Waals surface area (Å²) < 4.78 is 0. The first kappa shape index (κ1) is 13.9. The fourth-order valence-corrected chi connectivity index (χ4v) is 3.44. The van der Waals surface area contributed by atoms with Crippen LogP contribution in [0.4, 0.5) is 0 Å². The zero-order valence-electron chi connectivity index (χ0n) is 12.0. The highest BCUT2D eigenvalue weighted by Crippen LogP contribution is 2.33. The largest absolute Gasteiger partial charge is 0.341 e.